The first kappa shape index (κ1) is 57.2. The molecule has 0 saturated carbocycles. The summed E-state index contributed by atoms with van der Waals surface area (Å²) in [5.74, 6) is -1.14. The number of benzene rings is 8. The van der Waals surface area contributed by atoms with Crippen molar-refractivity contribution in [2.75, 3.05) is 24.5 Å². The molecule has 13 heteroatoms. The quantitative estimate of drug-likeness (QED) is 0.0751. The van der Waals surface area contributed by atoms with Crippen molar-refractivity contribution >= 4 is 64.3 Å². The second kappa shape index (κ2) is 28.0. The standard InChI is InChI=1S/C23H22BNO.C14H11BrF2O.C14H9BrF2O.C10H15N.BH3/c1-4-11-19(12-5-1)23(20-13-6-2-7-14-20)22-17-10-18-25(22)24(26-23)21-15-8-3-9-16-21;2*15-12-7-5-10(6-8-12)9-1-3-11(4-2-9)13(18)14(16)17;1-3-11(4-2)10-8-6-5-7-9-10;/h1-9,11-16,22H,10,17-18H2;1-8,13-14,18H;1-8,14H;5-9H,3-4H2,1-2H3;1H3/t22-;13-;;;/m11.../s1. The number of nitrogens with zero attached hydrogens (tertiary/aromatic N) is 2. The van der Waals surface area contributed by atoms with Gasteiger partial charge in [-0.1, -0.05) is 214 Å². The molecule has 5 nitrogen and oxygen atoms in total. The molecule has 2 heterocycles. The van der Waals surface area contributed by atoms with Crippen LogP contribution in [0.3, 0.4) is 0 Å². The van der Waals surface area contributed by atoms with Gasteiger partial charge in [0, 0.05) is 39.3 Å². The number of hydrogen-bond donors (Lipinski definition) is 1. The zero-order valence-electron chi connectivity index (χ0n) is 40.6. The van der Waals surface area contributed by atoms with E-state index in [1.54, 1.807) is 24.3 Å². The SMILES string of the molecule is B.CCN(CC)c1ccccc1.O=C(c1ccc(-c2ccc(Br)cc2)cc1)C(F)F.O[C@H](c1ccc(-c2ccc(Br)cc2)cc1)C(F)F.c1ccc(B2OC(c3ccccc3)(c3ccccc3)[C@H]3CCCN23)cc1. The third kappa shape index (κ3) is 14.4. The van der Waals surface area contributed by atoms with Gasteiger partial charge in [0.1, 0.15) is 11.7 Å². The number of aliphatic hydroxyl groups excluding tert-OH is 1. The molecule has 0 bridgehead atoms. The van der Waals surface area contributed by atoms with Crippen molar-refractivity contribution in [2.45, 2.75) is 57.3 Å². The Labute approximate surface area is 452 Å². The van der Waals surface area contributed by atoms with Gasteiger partial charge in [0.15, 0.2) is 0 Å². The highest BCUT2D eigenvalue weighted by atomic mass is 79.9. The molecule has 2 fully saturated rings. The second-order valence-electron chi connectivity index (χ2n) is 17.4. The molecule has 0 aromatic heterocycles. The monoisotopic (exact) mass is 1120 g/mol. The van der Waals surface area contributed by atoms with Crippen LogP contribution in [0.1, 0.15) is 59.8 Å². The number of ketones is 1. The highest BCUT2D eigenvalue weighted by molar-refractivity contribution is 9.10. The lowest BCUT2D eigenvalue weighted by Gasteiger charge is -2.36. The summed E-state index contributed by atoms with van der Waals surface area (Å²) in [6.45, 7) is 7.61. The number of hydrogen-bond acceptors (Lipinski definition) is 5. The van der Waals surface area contributed by atoms with Gasteiger partial charge in [-0.15, -0.1) is 0 Å². The van der Waals surface area contributed by atoms with Gasteiger partial charge in [-0.05, 0) is 114 Å². The summed E-state index contributed by atoms with van der Waals surface area (Å²) < 4.78 is 58.1. The maximum atomic E-state index is 12.3. The molecule has 2 aliphatic rings. The summed E-state index contributed by atoms with van der Waals surface area (Å²) in [5.41, 5.74) is 8.68. The molecule has 8 aromatic carbocycles. The summed E-state index contributed by atoms with van der Waals surface area (Å²) in [4.78, 5) is 16.0. The topological polar surface area (TPSA) is 53.0 Å². The van der Waals surface area contributed by atoms with Crippen LogP contribution in [0.25, 0.3) is 22.3 Å². The Balaban J connectivity index is 0.000000167. The minimum Gasteiger partial charge on any atom is -0.402 e. The van der Waals surface area contributed by atoms with Crippen molar-refractivity contribution in [1.82, 2.24) is 4.81 Å². The lowest BCUT2D eigenvalue weighted by atomic mass is 9.72. The number of para-hydroxylation sites is 1. The van der Waals surface area contributed by atoms with Gasteiger partial charge in [0.05, 0.1) is 8.41 Å². The number of carbonyl (C=O) groups excluding carboxylic acids is 1. The number of halogens is 6. The highest BCUT2D eigenvalue weighted by Gasteiger charge is 2.58. The van der Waals surface area contributed by atoms with Crippen LogP contribution in [-0.2, 0) is 10.3 Å². The first-order valence-electron chi connectivity index (χ1n) is 24.3. The summed E-state index contributed by atoms with van der Waals surface area (Å²) >= 11 is 6.68. The molecule has 74 heavy (non-hydrogen) atoms. The highest BCUT2D eigenvalue weighted by Crippen LogP contribution is 2.48. The van der Waals surface area contributed by atoms with E-state index in [-0.39, 0.29) is 26.6 Å². The van der Waals surface area contributed by atoms with Crippen LogP contribution in [0, 0.1) is 0 Å². The Morgan fingerprint density at radius 3 is 1.45 bits per heavy atom. The number of anilines is 1. The Morgan fingerprint density at radius 2 is 1.03 bits per heavy atom. The van der Waals surface area contributed by atoms with Crippen LogP contribution in [0.2, 0.25) is 0 Å². The molecule has 0 aliphatic carbocycles. The number of rotatable bonds is 12. The maximum absolute atomic E-state index is 12.3. The number of aliphatic hydroxyl groups is 1. The largest absolute Gasteiger partial charge is 0.419 e. The molecule has 380 valence electrons. The van der Waals surface area contributed by atoms with Gasteiger partial charge in [-0.25, -0.2) is 17.6 Å². The fourth-order valence-electron chi connectivity index (χ4n) is 9.25. The first-order chi connectivity index (χ1) is 35.4. The van der Waals surface area contributed by atoms with Crippen molar-refractivity contribution in [2.24, 2.45) is 0 Å². The van der Waals surface area contributed by atoms with Gasteiger partial charge in [-0.3, -0.25) is 4.79 Å². The molecule has 1 N–H and O–H groups in total. The number of Topliss-reactive ketones (excluding diaryl/α,β-unsaturated/α-hetero) is 1. The predicted octanol–water partition coefficient (Wildman–Crippen LogP) is 14.1. The van der Waals surface area contributed by atoms with E-state index < -0.39 is 30.3 Å². The normalized spacial score (nSPS) is 14.7. The van der Waals surface area contributed by atoms with E-state index in [2.05, 4.69) is 171 Å². The number of carbonyl (C=O) groups is 1. The van der Waals surface area contributed by atoms with Crippen LogP contribution in [0.5, 0.6) is 0 Å². The molecule has 2 saturated heterocycles. The third-order valence-electron chi connectivity index (χ3n) is 13.0. The van der Waals surface area contributed by atoms with Crippen LogP contribution < -0.4 is 10.4 Å². The molecule has 10 rings (SSSR count). The predicted molar refractivity (Wildman–Crippen MR) is 307 cm³/mol. The van der Waals surface area contributed by atoms with E-state index in [9.17, 15) is 27.5 Å². The van der Waals surface area contributed by atoms with E-state index in [0.717, 1.165) is 57.3 Å². The second-order valence-corrected chi connectivity index (χ2v) is 19.2. The lowest BCUT2D eigenvalue weighted by molar-refractivity contribution is -0.00577. The number of alkyl halides is 4. The fraction of sp³-hybridized carbons (Fsp3) is 0.197. The van der Waals surface area contributed by atoms with Crippen molar-refractivity contribution in [1.29, 1.82) is 0 Å². The van der Waals surface area contributed by atoms with Crippen molar-refractivity contribution in [3.63, 3.8) is 0 Å². The molecule has 0 spiro atoms. The third-order valence-corrected chi connectivity index (χ3v) is 14.0. The zero-order valence-corrected chi connectivity index (χ0v) is 43.8. The Kier molecular flexibility index (Phi) is 21.6. The van der Waals surface area contributed by atoms with E-state index in [1.807, 2.05) is 54.6 Å². The van der Waals surface area contributed by atoms with Gasteiger partial charge >= 0.3 is 13.5 Å². The Morgan fingerprint density at radius 1 is 0.622 bits per heavy atom. The van der Waals surface area contributed by atoms with Crippen LogP contribution >= 0.6 is 31.9 Å². The van der Waals surface area contributed by atoms with E-state index >= 15 is 0 Å². The first-order valence-corrected chi connectivity index (χ1v) is 25.9. The van der Waals surface area contributed by atoms with Crippen LogP contribution in [0.4, 0.5) is 23.2 Å². The maximum Gasteiger partial charge on any atom is 0.419 e. The molecule has 2 atom stereocenters. The summed E-state index contributed by atoms with van der Waals surface area (Å²) in [6.07, 6.45) is -5.05. The summed E-state index contributed by atoms with van der Waals surface area (Å²) in [5, 5.41) is 9.24. The molecule has 0 unspecified atom stereocenters. The van der Waals surface area contributed by atoms with Gasteiger partial charge in [0.2, 0.25) is 5.78 Å². The smallest absolute Gasteiger partial charge is 0.402 e. The van der Waals surface area contributed by atoms with E-state index in [4.69, 9.17) is 4.65 Å². The fourth-order valence-corrected chi connectivity index (χ4v) is 9.78. The van der Waals surface area contributed by atoms with Gasteiger partial charge < -0.3 is 19.5 Å². The van der Waals surface area contributed by atoms with Gasteiger partial charge in [0.25, 0.3) is 6.43 Å². The number of fused-ring (bicyclic) bond motifs is 1. The summed E-state index contributed by atoms with van der Waals surface area (Å²) in [7, 11) is 0.00381. The average molecular weight is 1130 g/mol. The van der Waals surface area contributed by atoms with Crippen LogP contribution in [0.15, 0.2) is 227 Å². The molecule has 2 aliphatic heterocycles. The molecule has 8 aromatic rings. The molecular formula is C61H60B2Br2F4N2O3. The minimum atomic E-state index is -2.96. The molecule has 0 amide bonds. The Bertz CT molecular complexity index is 2850. The van der Waals surface area contributed by atoms with Crippen LogP contribution in [-0.4, -0.2) is 69.7 Å². The van der Waals surface area contributed by atoms with Crippen molar-refractivity contribution in [3.8, 4) is 22.3 Å². The van der Waals surface area contributed by atoms with E-state index in [0.29, 0.717) is 6.04 Å². The van der Waals surface area contributed by atoms with Crippen molar-refractivity contribution < 1.29 is 32.1 Å². The van der Waals surface area contributed by atoms with Gasteiger partial charge in [-0.2, -0.15) is 0 Å². The van der Waals surface area contributed by atoms with Crippen molar-refractivity contribution in [3.05, 3.63) is 250 Å². The Hall–Kier alpha value is -6.08. The molecule has 0 radical (unpaired) electrons. The lowest BCUT2D eigenvalue weighted by Crippen LogP contribution is -2.45. The summed E-state index contributed by atoms with van der Waals surface area (Å²) in [6, 6.07) is 71.0. The zero-order chi connectivity index (χ0) is 51.7. The average Bonchev–Trinajstić information content (AvgIpc) is 4.07. The molecular weight excluding hydrogens is 1070 g/mol. The minimum absolute atomic E-state index is 0. The van der Waals surface area contributed by atoms with E-state index in [1.165, 1.54) is 53.0 Å².